The molecule has 0 atom stereocenters. The molecule has 1 heterocycles. The standard InChI is InChI=1S/C17H11F3N4S/c18-17(19,20)13-4-6-14(7-5-13)25-10-11-2-1-3-12(8-11)16-15(9-21)22-24-23-16/h1-8H,10H2,(H,22,23,24). The number of alkyl halides is 3. The maximum absolute atomic E-state index is 12.6. The van der Waals surface area contributed by atoms with Crippen molar-refractivity contribution in [2.45, 2.75) is 16.8 Å². The van der Waals surface area contributed by atoms with Crippen LogP contribution in [0, 0.1) is 11.3 Å². The highest BCUT2D eigenvalue weighted by Crippen LogP contribution is 2.32. The molecule has 1 aromatic heterocycles. The molecule has 0 radical (unpaired) electrons. The largest absolute Gasteiger partial charge is 0.416 e. The normalized spacial score (nSPS) is 11.3. The molecule has 2 aromatic carbocycles. The summed E-state index contributed by atoms with van der Waals surface area (Å²) < 4.78 is 37.7. The van der Waals surface area contributed by atoms with Crippen molar-refractivity contribution in [3.05, 3.63) is 65.4 Å². The summed E-state index contributed by atoms with van der Waals surface area (Å²) in [7, 11) is 0. The van der Waals surface area contributed by atoms with Gasteiger partial charge < -0.3 is 0 Å². The number of benzene rings is 2. The summed E-state index contributed by atoms with van der Waals surface area (Å²) in [5.74, 6) is 0.582. The molecule has 0 amide bonds. The highest BCUT2D eigenvalue weighted by Gasteiger charge is 2.29. The molecule has 0 aliphatic carbocycles. The summed E-state index contributed by atoms with van der Waals surface area (Å²) in [5, 5.41) is 19.2. The Morgan fingerprint density at radius 3 is 2.52 bits per heavy atom. The van der Waals surface area contributed by atoms with E-state index in [1.807, 2.05) is 30.3 Å². The lowest BCUT2D eigenvalue weighted by Gasteiger charge is -2.08. The first-order valence-electron chi connectivity index (χ1n) is 7.17. The van der Waals surface area contributed by atoms with Crippen LogP contribution in [0.3, 0.4) is 0 Å². The second kappa shape index (κ2) is 6.99. The lowest BCUT2D eigenvalue weighted by molar-refractivity contribution is -0.137. The minimum Gasteiger partial charge on any atom is -0.196 e. The molecule has 25 heavy (non-hydrogen) atoms. The minimum absolute atomic E-state index is 0.215. The van der Waals surface area contributed by atoms with Crippen LogP contribution in [0.5, 0.6) is 0 Å². The third-order valence-electron chi connectivity index (χ3n) is 3.44. The number of nitrogens with zero attached hydrogens (tertiary/aromatic N) is 3. The zero-order valence-electron chi connectivity index (χ0n) is 12.7. The molecule has 0 fully saturated rings. The topological polar surface area (TPSA) is 65.4 Å². The number of nitriles is 1. The van der Waals surface area contributed by atoms with Crippen molar-refractivity contribution < 1.29 is 13.2 Å². The van der Waals surface area contributed by atoms with Gasteiger partial charge in [0, 0.05) is 16.2 Å². The van der Waals surface area contributed by atoms with Gasteiger partial charge in [-0.25, -0.2) is 0 Å². The van der Waals surface area contributed by atoms with E-state index in [-0.39, 0.29) is 5.69 Å². The van der Waals surface area contributed by atoms with E-state index >= 15 is 0 Å². The van der Waals surface area contributed by atoms with Crippen molar-refractivity contribution in [3.63, 3.8) is 0 Å². The monoisotopic (exact) mass is 360 g/mol. The molecule has 0 spiro atoms. The Morgan fingerprint density at radius 1 is 1.08 bits per heavy atom. The summed E-state index contributed by atoms with van der Waals surface area (Å²) in [4.78, 5) is 0.748. The summed E-state index contributed by atoms with van der Waals surface area (Å²) >= 11 is 1.43. The number of nitrogens with one attached hydrogen (secondary N) is 1. The van der Waals surface area contributed by atoms with Crippen LogP contribution in [-0.4, -0.2) is 15.4 Å². The Kier molecular flexibility index (Phi) is 4.76. The molecule has 0 saturated heterocycles. The Bertz CT molecular complexity index is 911. The molecule has 8 heteroatoms. The van der Waals surface area contributed by atoms with Crippen LogP contribution in [0.1, 0.15) is 16.8 Å². The van der Waals surface area contributed by atoms with Crippen molar-refractivity contribution in [2.24, 2.45) is 0 Å². The van der Waals surface area contributed by atoms with Gasteiger partial charge in [-0.1, -0.05) is 18.2 Å². The van der Waals surface area contributed by atoms with Gasteiger partial charge in [0.05, 0.1) is 5.56 Å². The summed E-state index contributed by atoms with van der Waals surface area (Å²) in [6.07, 6.45) is -4.33. The molecule has 3 aromatic rings. The van der Waals surface area contributed by atoms with Crippen LogP contribution in [0.2, 0.25) is 0 Å². The fraction of sp³-hybridized carbons (Fsp3) is 0.118. The van der Waals surface area contributed by atoms with Gasteiger partial charge >= 0.3 is 6.18 Å². The number of rotatable bonds is 4. The van der Waals surface area contributed by atoms with Crippen LogP contribution in [-0.2, 0) is 11.9 Å². The van der Waals surface area contributed by atoms with E-state index in [9.17, 15) is 13.2 Å². The fourth-order valence-electron chi connectivity index (χ4n) is 2.23. The van der Waals surface area contributed by atoms with Gasteiger partial charge in [0.1, 0.15) is 11.8 Å². The van der Waals surface area contributed by atoms with Crippen molar-refractivity contribution in [2.75, 3.05) is 0 Å². The van der Waals surface area contributed by atoms with Gasteiger partial charge in [-0.2, -0.15) is 28.7 Å². The maximum Gasteiger partial charge on any atom is 0.416 e. The van der Waals surface area contributed by atoms with Crippen molar-refractivity contribution in [3.8, 4) is 17.3 Å². The number of aromatic nitrogens is 3. The van der Waals surface area contributed by atoms with E-state index in [1.54, 1.807) is 0 Å². The fourth-order valence-corrected chi connectivity index (χ4v) is 3.07. The summed E-state index contributed by atoms with van der Waals surface area (Å²) in [6, 6.07) is 14.5. The van der Waals surface area contributed by atoms with Gasteiger partial charge in [-0.3, -0.25) is 0 Å². The Balaban J connectivity index is 1.72. The SMILES string of the molecule is N#Cc1n[nH]nc1-c1cccc(CSc2ccc(C(F)(F)F)cc2)c1. The van der Waals surface area contributed by atoms with E-state index < -0.39 is 11.7 Å². The average Bonchev–Trinajstić information content (AvgIpc) is 3.08. The smallest absolute Gasteiger partial charge is 0.196 e. The number of H-pyrrole nitrogens is 1. The van der Waals surface area contributed by atoms with Crippen LogP contribution < -0.4 is 0 Å². The molecule has 0 unspecified atom stereocenters. The zero-order chi connectivity index (χ0) is 17.9. The van der Waals surface area contributed by atoms with E-state index in [4.69, 9.17) is 5.26 Å². The molecule has 0 aliphatic heterocycles. The number of halogens is 3. The van der Waals surface area contributed by atoms with Crippen molar-refractivity contribution in [1.82, 2.24) is 15.4 Å². The van der Waals surface area contributed by atoms with Crippen LogP contribution >= 0.6 is 11.8 Å². The molecule has 0 bridgehead atoms. The van der Waals surface area contributed by atoms with Gasteiger partial charge in [-0.05, 0) is 35.9 Å². The van der Waals surface area contributed by atoms with Crippen LogP contribution in [0.25, 0.3) is 11.3 Å². The lowest BCUT2D eigenvalue weighted by atomic mass is 10.1. The zero-order valence-corrected chi connectivity index (χ0v) is 13.5. The van der Waals surface area contributed by atoms with E-state index in [0.717, 1.165) is 28.2 Å². The first-order chi connectivity index (χ1) is 12.0. The Hall–Kier alpha value is -2.79. The first-order valence-corrected chi connectivity index (χ1v) is 8.16. The predicted molar refractivity (Wildman–Crippen MR) is 87.5 cm³/mol. The van der Waals surface area contributed by atoms with Gasteiger partial charge in [0.15, 0.2) is 5.69 Å². The highest BCUT2D eigenvalue weighted by atomic mass is 32.2. The number of thioether (sulfide) groups is 1. The van der Waals surface area contributed by atoms with Crippen molar-refractivity contribution >= 4 is 11.8 Å². The van der Waals surface area contributed by atoms with E-state index in [1.165, 1.54) is 23.9 Å². The molecule has 0 saturated carbocycles. The predicted octanol–water partition coefficient (Wildman–Crippen LogP) is 4.65. The van der Waals surface area contributed by atoms with Gasteiger partial charge in [0.2, 0.25) is 0 Å². The van der Waals surface area contributed by atoms with E-state index in [2.05, 4.69) is 15.4 Å². The number of hydrogen-bond donors (Lipinski definition) is 1. The summed E-state index contributed by atoms with van der Waals surface area (Å²) in [5.41, 5.74) is 1.76. The highest BCUT2D eigenvalue weighted by molar-refractivity contribution is 7.98. The molecular formula is C17H11F3N4S. The van der Waals surface area contributed by atoms with Gasteiger partial charge in [-0.15, -0.1) is 16.9 Å². The minimum atomic E-state index is -4.33. The molecule has 0 aliphatic rings. The second-order valence-corrected chi connectivity index (χ2v) is 6.19. The number of hydrogen-bond acceptors (Lipinski definition) is 4. The number of aromatic amines is 1. The summed E-state index contributed by atoms with van der Waals surface area (Å²) in [6.45, 7) is 0. The molecule has 3 rings (SSSR count). The maximum atomic E-state index is 12.6. The average molecular weight is 360 g/mol. The first kappa shape index (κ1) is 17.0. The quantitative estimate of drug-likeness (QED) is 0.688. The molecule has 1 N–H and O–H groups in total. The Morgan fingerprint density at radius 2 is 1.84 bits per heavy atom. The second-order valence-electron chi connectivity index (χ2n) is 5.14. The van der Waals surface area contributed by atoms with E-state index in [0.29, 0.717) is 11.4 Å². The lowest BCUT2D eigenvalue weighted by Crippen LogP contribution is -2.03. The third-order valence-corrected chi connectivity index (χ3v) is 4.52. The van der Waals surface area contributed by atoms with Crippen LogP contribution in [0.15, 0.2) is 53.4 Å². The van der Waals surface area contributed by atoms with Crippen molar-refractivity contribution in [1.29, 1.82) is 5.26 Å². The molecular weight excluding hydrogens is 349 g/mol. The van der Waals surface area contributed by atoms with Crippen LogP contribution in [0.4, 0.5) is 13.2 Å². The molecule has 126 valence electrons. The Labute approximate surface area is 145 Å². The molecule has 4 nitrogen and oxygen atoms in total. The third kappa shape index (κ3) is 4.00. The van der Waals surface area contributed by atoms with Gasteiger partial charge in [0.25, 0.3) is 0 Å².